The van der Waals surface area contributed by atoms with Gasteiger partial charge in [0.15, 0.2) is 11.5 Å². The van der Waals surface area contributed by atoms with Gasteiger partial charge in [-0.1, -0.05) is 30.3 Å². The molecule has 0 saturated carbocycles. The van der Waals surface area contributed by atoms with Crippen LogP contribution < -0.4 is 15.2 Å². The van der Waals surface area contributed by atoms with E-state index in [0.29, 0.717) is 23.6 Å². The van der Waals surface area contributed by atoms with Crippen molar-refractivity contribution in [2.75, 3.05) is 11.6 Å². The number of para-hydroxylation sites is 2. The molecule has 0 radical (unpaired) electrons. The summed E-state index contributed by atoms with van der Waals surface area (Å²) in [5.74, 6) is -0.805. The lowest BCUT2D eigenvalue weighted by molar-refractivity contribution is -0.117. The minimum absolute atomic E-state index is 0.0530. The van der Waals surface area contributed by atoms with E-state index in [1.807, 2.05) is 6.07 Å². The number of amides is 2. The second kappa shape index (κ2) is 6.45. The van der Waals surface area contributed by atoms with E-state index in [2.05, 4.69) is 5.43 Å². The third kappa shape index (κ3) is 2.81. The summed E-state index contributed by atoms with van der Waals surface area (Å²) in [6.45, 7) is 2.20. The van der Waals surface area contributed by atoms with E-state index in [0.717, 1.165) is 0 Å². The maximum absolute atomic E-state index is 12.5. The standard InChI is InChI=1S/C18H16N2O4/c1-2-24-15-10-6-7-12(16(15)21)11-14-17(22)19-20(18(14)23)13-8-4-3-5-9-13/h3-11,21H,2H2,1H3,(H,19,22). The molecular weight excluding hydrogens is 308 g/mol. The summed E-state index contributed by atoms with van der Waals surface area (Å²) in [5, 5.41) is 11.4. The number of ether oxygens (including phenoxy) is 1. The fraction of sp³-hybridized carbons (Fsp3) is 0.111. The molecule has 0 aromatic heterocycles. The summed E-state index contributed by atoms with van der Waals surface area (Å²) in [6.07, 6.45) is 1.36. The van der Waals surface area contributed by atoms with Crippen LogP contribution in [-0.4, -0.2) is 23.5 Å². The van der Waals surface area contributed by atoms with Crippen molar-refractivity contribution in [1.29, 1.82) is 0 Å². The van der Waals surface area contributed by atoms with Crippen LogP contribution in [0.1, 0.15) is 12.5 Å². The number of hydrazine groups is 1. The van der Waals surface area contributed by atoms with E-state index in [-0.39, 0.29) is 11.3 Å². The van der Waals surface area contributed by atoms with Gasteiger partial charge in [0.25, 0.3) is 11.8 Å². The number of hydrogen-bond acceptors (Lipinski definition) is 4. The zero-order chi connectivity index (χ0) is 17.1. The highest BCUT2D eigenvalue weighted by Gasteiger charge is 2.34. The Labute approximate surface area is 138 Å². The van der Waals surface area contributed by atoms with E-state index in [1.165, 1.54) is 11.1 Å². The molecule has 3 rings (SSSR count). The first kappa shape index (κ1) is 15.6. The second-order valence-corrected chi connectivity index (χ2v) is 5.10. The lowest BCUT2D eigenvalue weighted by atomic mass is 10.1. The van der Waals surface area contributed by atoms with Crippen molar-refractivity contribution >= 4 is 23.6 Å². The maximum Gasteiger partial charge on any atom is 0.282 e. The zero-order valence-corrected chi connectivity index (χ0v) is 13.0. The fourth-order valence-electron chi connectivity index (χ4n) is 2.40. The molecule has 1 aliphatic rings. The van der Waals surface area contributed by atoms with Gasteiger partial charge in [0.05, 0.1) is 12.3 Å². The molecule has 2 aromatic rings. The lowest BCUT2D eigenvalue weighted by Gasteiger charge is -2.13. The normalized spacial score (nSPS) is 15.7. The van der Waals surface area contributed by atoms with E-state index in [1.54, 1.807) is 49.4 Å². The zero-order valence-electron chi connectivity index (χ0n) is 13.0. The number of hydrogen-bond donors (Lipinski definition) is 2. The van der Waals surface area contributed by atoms with Crippen LogP contribution in [0, 0.1) is 0 Å². The summed E-state index contributed by atoms with van der Waals surface area (Å²) in [7, 11) is 0. The number of carbonyl (C=O) groups is 2. The predicted octanol–water partition coefficient (Wildman–Crippen LogP) is 2.25. The average Bonchev–Trinajstić information content (AvgIpc) is 2.87. The Balaban J connectivity index is 1.95. The van der Waals surface area contributed by atoms with Crippen LogP contribution in [0.5, 0.6) is 11.5 Å². The molecule has 122 valence electrons. The Kier molecular flexibility index (Phi) is 4.20. The molecule has 0 atom stereocenters. The third-order valence-electron chi connectivity index (χ3n) is 3.54. The molecule has 24 heavy (non-hydrogen) atoms. The van der Waals surface area contributed by atoms with Gasteiger partial charge in [-0.05, 0) is 31.2 Å². The fourth-order valence-corrected chi connectivity index (χ4v) is 2.40. The third-order valence-corrected chi connectivity index (χ3v) is 3.54. The Morgan fingerprint density at radius 1 is 1.12 bits per heavy atom. The van der Waals surface area contributed by atoms with E-state index >= 15 is 0 Å². The van der Waals surface area contributed by atoms with Crippen LogP contribution in [0.4, 0.5) is 5.69 Å². The Hall–Kier alpha value is -3.28. The Morgan fingerprint density at radius 2 is 1.88 bits per heavy atom. The molecule has 1 fully saturated rings. The quantitative estimate of drug-likeness (QED) is 0.668. The van der Waals surface area contributed by atoms with Crippen molar-refractivity contribution in [3.05, 3.63) is 59.7 Å². The molecule has 2 aromatic carbocycles. The summed E-state index contributed by atoms with van der Waals surface area (Å²) in [5.41, 5.74) is 3.36. The summed E-state index contributed by atoms with van der Waals surface area (Å²) in [6, 6.07) is 13.7. The van der Waals surface area contributed by atoms with Crippen LogP contribution in [0.25, 0.3) is 6.08 Å². The van der Waals surface area contributed by atoms with Gasteiger partial charge in [0.2, 0.25) is 0 Å². The monoisotopic (exact) mass is 324 g/mol. The van der Waals surface area contributed by atoms with Crippen molar-refractivity contribution in [3.8, 4) is 11.5 Å². The summed E-state index contributed by atoms with van der Waals surface area (Å²) < 4.78 is 5.31. The first-order chi connectivity index (χ1) is 11.6. The SMILES string of the molecule is CCOc1cccc(C=C2C(=O)NN(c3ccccc3)C2=O)c1O. The van der Waals surface area contributed by atoms with E-state index in [4.69, 9.17) is 4.74 Å². The minimum Gasteiger partial charge on any atom is -0.504 e. The van der Waals surface area contributed by atoms with Gasteiger partial charge in [-0.25, -0.2) is 5.01 Å². The largest absolute Gasteiger partial charge is 0.504 e. The highest BCUT2D eigenvalue weighted by molar-refractivity contribution is 6.31. The van der Waals surface area contributed by atoms with Gasteiger partial charge < -0.3 is 9.84 Å². The van der Waals surface area contributed by atoms with Crippen molar-refractivity contribution < 1.29 is 19.4 Å². The minimum atomic E-state index is -0.523. The van der Waals surface area contributed by atoms with Crippen LogP contribution in [0.15, 0.2) is 54.1 Å². The molecule has 0 aliphatic carbocycles. The first-order valence-electron chi connectivity index (χ1n) is 7.48. The number of phenols is 1. The van der Waals surface area contributed by atoms with E-state index in [9.17, 15) is 14.7 Å². The second-order valence-electron chi connectivity index (χ2n) is 5.10. The van der Waals surface area contributed by atoms with Crippen LogP contribution >= 0.6 is 0 Å². The van der Waals surface area contributed by atoms with Crippen molar-refractivity contribution in [2.45, 2.75) is 6.92 Å². The molecular formula is C18H16N2O4. The van der Waals surface area contributed by atoms with Gasteiger partial charge >= 0.3 is 0 Å². The van der Waals surface area contributed by atoms with Crippen molar-refractivity contribution in [2.24, 2.45) is 0 Å². The first-order valence-corrected chi connectivity index (χ1v) is 7.48. The topological polar surface area (TPSA) is 78.9 Å². The molecule has 0 spiro atoms. The number of carbonyl (C=O) groups excluding carboxylic acids is 2. The molecule has 6 nitrogen and oxygen atoms in total. The predicted molar refractivity (Wildman–Crippen MR) is 89.3 cm³/mol. The van der Waals surface area contributed by atoms with Gasteiger partial charge in [-0.3, -0.25) is 15.0 Å². The molecule has 2 N–H and O–H groups in total. The molecule has 0 unspecified atom stereocenters. The number of anilines is 1. The van der Waals surface area contributed by atoms with Gasteiger partial charge in [-0.15, -0.1) is 0 Å². The lowest BCUT2D eigenvalue weighted by Crippen LogP contribution is -2.35. The molecule has 2 amide bonds. The number of benzene rings is 2. The smallest absolute Gasteiger partial charge is 0.282 e. The maximum atomic E-state index is 12.5. The number of nitrogens with one attached hydrogen (secondary N) is 1. The van der Waals surface area contributed by atoms with Gasteiger partial charge in [0, 0.05) is 5.56 Å². The molecule has 1 saturated heterocycles. The molecule has 0 bridgehead atoms. The highest BCUT2D eigenvalue weighted by Crippen LogP contribution is 2.32. The van der Waals surface area contributed by atoms with Crippen molar-refractivity contribution in [1.82, 2.24) is 5.43 Å². The number of aromatic hydroxyl groups is 1. The van der Waals surface area contributed by atoms with Crippen molar-refractivity contribution in [3.63, 3.8) is 0 Å². The van der Waals surface area contributed by atoms with Gasteiger partial charge in [0.1, 0.15) is 5.57 Å². The summed E-state index contributed by atoms with van der Waals surface area (Å²) >= 11 is 0. The van der Waals surface area contributed by atoms with Crippen LogP contribution in [0.3, 0.4) is 0 Å². The van der Waals surface area contributed by atoms with Gasteiger partial charge in [-0.2, -0.15) is 0 Å². The van der Waals surface area contributed by atoms with E-state index < -0.39 is 11.8 Å². The molecule has 6 heteroatoms. The van der Waals surface area contributed by atoms with Crippen LogP contribution in [-0.2, 0) is 9.59 Å². The summed E-state index contributed by atoms with van der Waals surface area (Å²) in [4.78, 5) is 24.6. The average molecular weight is 324 g/mol. The Morgan fingerprint density at radius 3 is 2.58 bits per heavy atom. The molecule has 1 heterocycles. The number of rotatable bonds is 4. The number of nitrogens with zero attached hydrogens (tertiary/aromatic N) is 1. The molecule has 1 aliphatic heterocycles. The highest BCUT2D eigenvalue weighted by atomic mass is 16.5. The number of phenolic OH excluding ortho intramolecular Hbond substituents is 1. The van der Waals surface area contributed by atoms with Crippen LogP contribution in [0.2, 0.25) is 0 Å². The Bertz CT molecular complexity index is 815.